The van der Waals surface area contributed by atoms with Gasteiger partial charge in [0.15, 0.2) is 0 Å². The lowest BCUT2D eigenvalue weighted by Crippen LogP contribution is -2.40. The molecule has 0 aliphatic carbocycles. The molecule has 1 saturated heterocycles. The lowest BCUT2D eigenvalue weighted by Gasteiger charge is -2.22. The number of ether oxygens (including phenoxy) is 1. The first-order valence-electron chi connectivity index (χ1n) is 4.95. The smallest absolute Gasteiger partial charge is 0.322 e. The molecule has 1 unspecified atom stereocenters. The molecule has 0 bridgehead atoms. The van der Waals surface area contributed by atoms with Crippen molar-refractivity contribution in [3.63, 3.8) is 0 Å². The highest BCUT2D eigenvalue weighted by atomic mass is 35.5. The van der Waals surface area contributed by atoms with Gasteiger partial charge < -0.3 is 10.1 Å². The topological polar surface area (TPSA) is 67.4 Å². The first kappa shape index (κ1) is 11.7. The second-order valence-corrected chi connectivity index (χ2v) is 4.29. The van der Waals surface area contributed by atoms with Gasteiger partial charge in [0, 0.05) is 5.56 Å². The highest BCUT2D eigenvalue weighted by Gasteiger charge is 2.44. The molecule has 0 aromatic heterocycles. The summed E-state index contributed by atoms with van der Waals surface area (Å²) < 4.78 is 5.02. The first-order valence-corrected chi connectivity index (χ1v) is 5.33. The minimum absolute atomic E-state index is 0.365. The molecule has 1 atom stereocenters. The van der Waals surface area contributed by atoms with Gasteiger partial charge in [-0.3, -0.25) is 10.1 Å². The van der Waals surface area contributed by atoms with Crippen LogP contribution in [0.25, 0.3) is 0 Å². The van der Waals surface area contributed by atoms with Crippen molar-refractivity contribution < 1.29 is 14.3 Å². The van der Waals surface area contributed by atoms with Crippen molar-refractivity contribution in [3.05, 3.63) is 28.8 Å². The van der Waals surface area contributed by atoms with Crippen LogP contribution in [0, 0.1) is 0 Å². The molecule has 5 nitrogen and oxygen atoms in total. The average Bonchev–Trinajstić information content (AvgIpc) is 2.53. The summed E-state index contributed by atoms with van der Waals surface area (Å²) in [5, 5.41) is 5.10. The number of hydrogen-bond acceptors (Lipinski definition) is 3. The Balaban J connectivity index is 2.47. The maximum absolute atomic E-state index is 11.7. The van der Waals surface area contributed by atoms with Crippen LogP contribution in [0.1, 0.15) is 12.5 Å². The van der Waals surface area contributed by atoms with E-state index >= 15 is 0 Å². The molecule has 0 radical (unpaired) electrons. The Morgan fingerprint density at radius 2 is 2.06 bits per heavy atom. The first-order chi connectivity index (χ1) is 7.97. The zero-order valence-electron chi connectivity index (χ0n) is 9.33. The highest BCUT2D eigenvalue weighted by Crippen LogP contribution is 2.32. The molecule has 17 heavy (non-hydrogen) atoms. The number of nitrogens with one attached hydrogen (secondary N) is 2. The van der Waals surface area contributed by atoms with Crippen LogP contribution in [0.4, 0.5) is 4.79 Å². The Labute approximate surface area is 103 Å². The third kappa shape index (κ3) is 1.82. The summed E-state index contributed by atoms with van der Waals surface area (Å²) in [4.78, 5) is 22.9. The van der Waals surface area contributed by atoms with Crippen LogP contribution in [-0.2, 0) is 10.3 Å². The number of carbonyl (C=O) groups excluding carboxylic acids is 2. The molecule has 0 spiro atoms. The van der Waals surface area contributed by atoms with Gasteiger partial charge >= 0.3 is 6.03 Å². The summed E-state index contributed by atoms with van der Waals surface area (Å²) in [6.45, 7) is 1.60. The largest absolute Gasteiger partial charge is 0.497 e. The molecular formula is C11H11ClN2O3. The van der Waals surface area contributed by atoms with Gasteiger partial charge in [-0.15, -0.1) is 0 Å². The Kier molecular flexibility index (Phi) is 2.71. The summed E-state index contributed by atoms with van der Waals surface area (Å²) in [6.07, 6.45) is 0. The zero-order chi connectivity index (χ0) is 12.6. The van der Waals surface area contributed by atoms with Gasteiger partial charge in [0.05, 0.1) is 12.1 Å². The van der Waals surface area contributed by atoms with E-state index in [0.29, 0.717) is 16.3 Å². The monoisotopic (exact) mass is 254 g/mol. The van der Waals surface area contributed by atoms with E-state index in [1.165, 1.54) is 7.11 Å². The van der Waals surface area contributed by atoms with Gasteiger partial charge in [0.1, 0.15) is 11.3 Å². The maximum Gasteiger partial charge on any atom is 0.322 e. The number of benzene rings is 1. The number of carbonyl (C=O) groups is 2. The third-order valence-corrected chi connectivity index (χ3v) is 3.07. The molecule has 90 valence electrons. The van der Waals surface area contributed by atoms with Crippen LogP contribution in [0.2, 0.25) is 5.02 Å². The van der Waals surface area contributed by atoms with Gasteiger partial charge in [-0.1, -0.05) is 17.7 Å². The molecule has 3 amide bonds. The minimum Gasteiger partial charge on any atom is -0.497 e. The second-order valence-electron chi connectivity index (χ2n) is 3.88. The molecule has 1 aromatic rings. The molecule has 1 fully saturated rings. The van der Waals surface area contributed by atoms with Gasteiger partial charge in [0.25, 0.3) is 5.91 Å². The normalized spacial score (nSPS) is 23.2. The van der Waals surface area contributed by atoms with Crippen molar-refractivity contribution >= 4 is 23.5 Å². The Hall–Kier alpha value is -1.75. The van der Waals surface area contributed by atoms with E-state index in [-0.39, 0.29) is 0 Å². The van der Waals surface area contributed by atoms with Crippen LogP contribution in [0.15, 0.2) is 18.2 Å². The van der Waals surface area contributed by atoms with E-state index < -0.39 is 17.5 Å². The molecule has 1 aliphatic rings. The van der Waals surface area contributed by atoms with Crippen molar-refractivity contribution in [2.24, 2.45) is 0 Å². The van der Waals surface area contributed by atoms with Crippen LogP contribution in [-0.4, -0.2) is 19.0 Å². The number of hydrogen-bond donors (Lipinski definition) is 2. The number of urea groups is 1. The molecule has 1 heterocycles. The van der Waals surface area contributed by atoms with Gasteiger partial charge in [-0.25, -0.2) is 4.79 Å². The number of rotatable bonds is 2. The van der Waals surface area contributed by atoms with E-state index in [4.69, 9.17) is 16.3 Å². The zero-order valence-corrected chi connectivity index (χ0v) is 10.1. The summed E-state index contributed by atoms with van der Waals surface area (Å²) in [6, 6.07) is 4.42. The standard InChI is InChI=1S/C11H11ClN2O3/c1-11(9(15)13-10(16)14-11)7-4-3-6(17-2)5-8(7)12/h3-5H,1-2H3,(H2,13,14,15,16). The maximum atomic E-state index is 11.7. The Morgan fingerprint density at radius 1 is 1.35 bits per heavy atom. The van der Waals surface area contributed by atoms with Gasteiger partial charge in [-0.2, -0.15) is 0 Å². The molecule has 2 N–H and O–H groups in total. The summed E-state index contributed by atoms with van der Waals surface area (Å²) in [5.74, 6) is 0.168. The van der Waals surface area contributed by atoms with Crippen LogP contribution < -0.4 is 15.4 Å². The second kappa shape index (κ2) is 3.92. The molecule has 1 aromatic carbocycles. The average molecular weight is 255 g/mol. The molecule has 0 saturated carbocycles. The summed E-state index contributed by atoms with van der Waals surface area (Å²) in [7, 11) is 1.52. The number of amides is 3. The molecule has 2 rings (SSSR count). The fourth-order valence-electron chi connectivity index (χ4n) is 1.76. The number of imide groups is 1. The molecule has 6 heteroatoms. The van der Waals surface area contributed by atoms with Crippen molar-refractivity contribution in [2.45, 2.75) is 12.5 Å². The lowest BCUT2D eigenvalue weighted by atomic mass is 9.92. The van der Waals surface area contributed by atoms with Crippen molar-refractivity contribution in [1.82, 2.24) is 10.6 Å². The summed E-state index contributed by atoms with van der Waals surface area (Å²) in [5.41, 5.74) is -0.608. The fourth-order valence-corrected chi connectivity index (χ4v) is 2.12. The minimum atomic E-state index is -1.14. The molecule has 1 aliphatic heterocycles. The quantitative estimate of drug-likeness (QED) is 0.784. The van der Waals surface area contributed by atoms with Gasteiger partial charge in [-0.05, 0) is 19.1 Å². The van der Waals surface area contributed by atoms with Crippen LogP contribution in [0.5, 0.6) is 5.75 Å². The highest BCUT2D eigenvalue weighted by molar-refractivity contribution is 6.32. The van der Waals surface area contributed by atoms with E-state index in [1.54, 1.807) is 25.1 Å². The Morgan fingerprint density at radius 3 is 2.53 bits per heavy atom. The fraction of sp³-hybridized carbons (Fsp3) is 0.273. The van der Waals surface area contributed by atoms with E-state index in [2.05, 4.69) is 10.6 Å². The number of halogens is 1. The van der Waals surface area contributed by atoms with Crippen molar-refractivity contribution in [3.8, 4) is 5.75 Å². The Bertz CT molecular complexity index is 503. The van der Waals surface area contributed by atoms with Crippen LogP contribution in [0.3, 0.4) is 0 Å². The predicted molar refractivity (Wildman–Crippen MR) is 62.0 cm³/mol. The van der Waals surface area contributed by atoms with E-state index in [9.17, 15) is 9.59 Å². The van der Waals surface area contributed by atoms with E-state index in [0.717, 1.165) is 0 Å². The lowest BCUT2D eigenvalue weighted by molar-refractivity contribution is -0.123. The van der Waals surface area contributed by atoms with Crippen molar-refractivity contribution in [2.75, 3.05) is 7.11 Å². The third-order valence-electron chi connectivity index (χ3n) is 2.76. The summed E-state index contributed by atoms with van der Waals surface area (Å²) >= 11 is 6.08. The van der Waals surface area contributed by atoms with Gasteiger partial charge in [0.2, 0.25) is 0 Å². The molecular weight excluding hydrogens is 244 g/mol. The van der Waals surface area contributed by atoms with Crippen LogP contribution >= 0.6 is 11.6 Å². The van der Waals surface area contributed by atoms with E-state index in [1.807, 2.05) is 0 Å². The number of methoxy groups -OCH3 is 1. The van der Waals surface area contributed by atoms with Crippen molar-refractivity contribution in [1.29, 1.82) is 0 Å². The SMILES string of the molecule is COc1ccc(C2(C)NC(=O)NC2=O)c(Cl)c1. The predicted octanol–water partition coefficient (Wildman–Crippen LogP) is 1.40.